The molecule has 4 rings (SSSR count). The van der Waals surface area contributed by atoms with Crippen LogP contribution in [0, 0.1) is 17.8 Å². The van der Waals surface area contributed by atoms with Crippen LogP contribution in [0.25, 0.3) is 0 Å². The molecule has 2 aliphatic carbocycles. The molecular formula is C25H30N2O5S. The molecule has 8 heteroatoms. The molecule has 0 radical (unpaired) electrons. The molecule has 2 saturated carbocycles. The molecule has 2 aliphatic rings. The highest BCUT2D eigenvalue weighted by Gasteiger charge is 2.47. The van der Waals surface area contributed by atoms with Crippen LogP contribution >= 0.6 is 0 Å². The predicted molar refractivity (Wildman–Crippen MR) is 124 cm³/mol. The zero-order valence-corrected chi connectivity index (χ0v) is 19.3. The molecule has 0 saturated heterocycles. The van der Waals surface area contributed by atoms with Crippen LogP contribution in [0.3, 0.4) is 0 Å². The summed E-state index contributed by atoms with van der Waals surface area (Å²) in [5.74, 6) is 0.537. The van der Waals surface area contributed by atoms with Crippen LogP contribution in [-0.4, -0.2) is 35.4 Å². The van der Waals surface area contributed by atoms with Gasteiger partial charge in [0.25, 0.3) is 15.9 Å². The van der Waals surface area contributed by atoms with Gasteiger partial charge in [-0.05, 0) is 92.7 Å². The Kier molecular flexibility index (Phi) is 7.02. The van der Waals surface area contributed by atoms with E-state index < -0.39 is 16.0 Å². The van der Waals surface area contributed by atoms with Crippen LogP contribution in [0.1, 0.15) is 55.3 Å². The number of aliphatic carboxylic acids is 1. The molecular weight excluding hydrogens is 440 g/mol. The number of aromatic nitrogens is 1. The van der Waals surface area contributed by atoms with Crippen molar-refractivity contribution in [1.29, 1.82) is 0 Å². The van der Waals surface area contributed by atoms with Crippen molar-refractivity contribution in [3.63, 3.8) is 0 Å². The minimum atomic E-state index is -3.65. The summed E-state index contributed by atoms with van der Waals surface area (Å²) in [7, 11) is -3.65. The van der Waals surface area contributed by atoms with E-state index in [2.05, 4.69) is 17.5 Å². The van der Waals surface area contributed by atoms with Gasteiger partial charge in [-0.15, -0.1) is 0 Å². The van der Waals surface area contributed by atoms with Gasteiger partial charge in [-0.25, -0.2) is 12.4 Å². The first-order valence-corrected chi connectivity index (χ1v) is 13.0. The summed E-state index contributed by atoms with van der Waals surface area (Å²) in [6.07, 6.45) is 13.1. The van der Waals surface area contributed by atoms with Crippen LogP contribution in [-0.2, 0) is 14.8 Å². The minimum absolute atomic E-state index is 0.114. The Morgan fingerprint density at radius 3 is 2.45 bits per heavy atom. The maximum Gasteiger partial charge on any atom is 0.303 e. The van der Waals surface area contributed by atoms with Gasteiger partial charge in [-0.3, -0.25) is 9.59 Å². The number of amides is 1. The maximum atomic E-state index is 13.0. The van der Waals surface area contributed by atoms with Gasteiger partial charge in [0.15, 0.2) is 0 Å². The lowest BCUT2D eigenvalue weighted by molar-refractivity contribution is -0.137. The van der Waals surface area contributed by atoms with Gasteiger partial charge in [-0.1, -0.05) is 12.2 Å². The molecule has 176 valence electrons. The average molecular weight is 471 g/mol. The van der Waals surface area contributed by atoms with Gasteiger partial charge in [0.1, 0.15) is 0 Å². The number of nitrogens with zero attached hydrogens (tertiary/aromatic N) is 1. The van der Waals surface area contributed by atoms with E-state index in [0.717, 1.165) is 29.7 Å². The number of carbonyl (C=O) groups excluding carboxylic acids is 1. The molecule has 7 nitrogen and oxygen atoms in total. The highest BCUT2D eigenvalue weighted by molar-refractivity contribution is 7.90. The monoisotopic (exact) mass is 470 g/mol. The molecule has 1 aromatic carbocycles. The van der Waals surface area contributed by atoms with E-state index in [-0.39, 0.29) is 23.3 Å². The molecule has 2 fully saturated rings. The van der Waals surface area contributed by atoms with Crippen LogP contribution in [0.5, 0.6) is 0 Å². The lowest BCUT2D eigenvalue weighted by Crippen LogP contribution is -2.43. The third-order valence-corrected chi connectivity index (χ3v) is 8.66. The zero-order valence-electron chi connectivity index (χ0n) is 18.5. The van der Waals surface area contributed by atoms with E-state index in [1.54, 1.807) is 24.3 Å². The summed E-state index contributed by atoms with van der Waals surface area (Å²) in [5, 5.41) is 12.0. The van der Waals surface area contributed by atoms with Crippen molar-refractivity contribution >= 4 is 21.9 Å². The van der Waals surface area contributed by atoms with Crippen molar-refractivity contribution in [1.82, 2.24) is 9.29 Å². The molecule has 2 aromatic rings. The van der Waals surface area contributed by atoms with Gasteiger partial charge in [0.2, 0.25) is 0 Å². The number of carbonyl (C=O) groups is 2. The number of benzene rings is 1. The Hall–Kier alpha value is -2.87. The maximum absolute atomic E-state index is 13.0. The third-order valence-electron chi connectivity index (χ3n) is 6.99. The number of fused-ring (bicyclic) bond motifs is 2. The van der Waals surface area contributed by atoms with E-state index in [0.29, 0.717) is 29.7 Å². The summed E-state index contributed by atoms with van der Waals surface area (Å²) in [5.41, 5.74) is 0.451. The fourth-order valence-corrected chi connectivity index (χ4v) is 6.52. The lowest BCUT2D eigenvalue weighted by Gasteiger charge is -2.31. The summed E-state index contributed by atoms with van der Waals surface area (Å²) in [6.45, 7) is 0. The number of carboxylic acid groups (broad SMARTS) is 1. The third kappa shape index (κ3) is 5.21. The Bertz CT molecular complexity index is 1110. The van der Waals surface area contributed by atoms with E-state index >= 15 is 0 Å². The summed E-state index contributed by atoms with van der Waals surface area (Å²) < 4.78 is 26.4. The first kappa shape index (κ1) is 23.3. The largest absolute Gasteiger partial charge is 0.481 e. The molecule has 33 heavy (non-hydrogen) atoms. The fraction of sp³-hybridized carbons (Fsp3) is 0.440. The second kappa shape index (κ2) is 9.95. The van der Waals surface area contributed by atoms with E-state index in [4.69, 9.17) is 5.11 Å². The fourth-order valence-electron chi connectivity index (χ4n) is 5.33. The van der Waals surface area contributed by atoms with Crippen LogP contribution in [0.4, 0.5) is 0 Å². The highest BCUT2D eigenvalue weighted by atomic mass is 32.2. The molecule has 0 spiro atoms. The Labute approximate surface area is 194 Å². The van der Waals surface area contributed by atoms with Crippen LogP contribution in [0.2, 0.25) is 0 Å². The van der Waals surface area contributed by atoms with Gasteiger partial charge in [0, 0.05) is 30.4 Å². The van der Waals surface area contributed by atoms with Gasteiger partial charge >= 0.3 is 5.97 Å². The highest BCUT2D eigenvalue weighted by Crippen LogP contribution is 2.50. The van der Waals surface area contributed by atoms with Crippen molar-refractivity contribution in [3.05, 3.63) is 66.5 Å². The number of hydrogen-bond donors (Lipinski definition) is 2. The van der Waals surface area contributed by atoms with Crippen molar-refractivity contribution in [2.24, 2.45) is 17.8 Å². The van der Waals surface area contributed by atoms with E-state index in [1.165, 1.54) is 30.9 Å². The second-order valence-corrected chi connectivity index (χ2v) is 10.9. The molecule has 2 N–H and O–H groups in total. The smallest absolute Gasteiger partial charge is 0.303 e. The van der Waals surface area contributed by atoms with Crippen molar-refractivity contribution in [3.8, 4) is 0 Å². The van der Waals surface area contributed by atoms with Crippen LogP contribution in [0.15, 0.2) is 65.8 Å². The number of allylic oxidation sites excluding steroid dienone is 2. The molecule has 4 atom stereocenters. The quantitative estimate of drug-likeness (QED) is 0.402. The summed E-state index contributed by atoms with van der Waals surface area (Å²) >= 11 is 0. The van der Waals surface area contributed by atoms with E-state index in [1.807, 2.05) is 0 Å². The number of hydrogen-bond acceptors (Lipinski definition) is 4. The molecule has 1 amide bonds. The number of nitrogens with one attached hydrogen (secondary N) is 1. The summed E-state index contributed by atoms with van der Waals surface area (Å²) in [6, 6.07) is 9.49. The van der Waals surface area contributed by atoms with Gasteiger partial charge in [-0.2, -0.15) is 0 Å². The standard InChI is InChI=1S/C25H30N2O5S/c28-23(29)8-4-2-1-3-7-22-19-9-10-20(17-19)24(22)26-25(30)18-11-13-21(14-12-18)33(31,32)27-15-5-6-16-27/h1,3,5-6,11-16,19-20,22,24H,2,4,7-10,17H2,(H,26,30)(H,28,29)/b3-1-/t19-,20+,22-,24-/m1/s1. The molecule has 0 aliphatic heterocycles. The van der Waals surface area contributed by atoms with Crippen molar-refractivity contribution < 1.29 is 23.1 Å². The first-order valence-electron chi connectivity index (χ1n) is 11.5. The lowest BCUT2D eigenvalue weighted by atomic mass is 9.82. The van der Waals surface area contributed by atoms with Gasteiger partial charge < -0.3 is 10.4 Å². The normalized spacial score (nSPS) is 24.4. The van der Waals surface area contributed by atoms with E-state index in [9.17, 15) is 18.0 Å². The molecule has 1 heterocycles. The molecule has 0 unspecified atom stereocenters. The predicted octanol–water partition coefficient (Wildman–Crippen LogP) is 4.07. The number of rotatable bonds is 10. The Morgan fingerprint density at radius 2 is 1.76 bits per heavy atom. The Balaban J connectivity index is 1.37. The Morgan fingerprint density at radius 1 is 1.06 bits per heavy atom. The SMILES string of the molecule is O=C(O)CCC/C=C\C[C@@H]1[C@@H]2CC[C@@H](C2)[C@H]1NC(=O)c1ccc(S(=O)(=O)n2cccc2)cc1. The number of carboxylic acids is 1. The molecule has 1 aromatic heterocycles. The van der Waals surface area contributed by atoms with Crippen molar-refractivity contribution in [2.45, 2.75) is 55.9 Å². The van der Waals surface area contributed by atoms with Gasteiger partial charge in [0.05, 0.1) is 4.90 Å². The van der Waals surface area contributed by atoms with Crippen LogP contribution < -0.4 is 5.32 Å². The minimum Gasteiger partial charge on any atom is -0.481 e. The van der Waals surface area contributed by atoms with Crippen molar-refractivity contribution in [2.75, 3.05) is 0 Å². The zero-order chi connectivity index (χ0) is 23.4. The average Bonchev–Trinajstić information content (AvgIpc) is 3.55. The first-order chi connectivity index (χ1) is 15.9. The number of unbranched alkanes of at least 4 members (excludes halogenated alkanes) is 1. The topological polar surface area (TPSA) is 105 Å². The second-order valence-electron chi connectivity index (χ2n) is 9.03. The molecule has 2 bridgehead atoms. The summed E-state index contributed by atoms with van der Waals surface area (Å²) in [4.78, 5) is 23.7.